The zero-order chi connectivity index (χ0) is 21.3. The van der Waals surface area contributed by atoms with Crippen molar-refractivity contribution in [3.8, 4) is 17.0 Å². The highest BCUT2D eigenvalue weighted by molar-refractivity contribution is 6.31. The van der Waals surface area contributed by atoms with Gasteiger partial charge in [-0.2, -0.15) is 5.10 Å². The number of hydrogen-bond donors (Lipinski definition) is 3. The van der Waals surface area contributed by atoms with Crippen molar-refractivity contribution in [2.45, 2.75) is 25.3 Å². The molecule has 2 unspecified atom stereocenters. The number of carboxylic acids is 1. The van der Waals surface area contributed by atoms with Gasteiger partial charge in [-0.25, -0.2) is 9.48 Å². The van der Waals surface area contributed by atoms with E-state index in [-0.39, 0.29) is 18.8 Å². The van der Waals surface area contributed by atoms with Crippen LogP contribution in [0.25, 0.3) is 11.3 Å². The Bertz CT molecular complexity index is 1110. The third kappa shape index (κ3) is 3.87. The van der Waals surface area contributed by atoms with E-state index in [2.05, 4.69) is 10.4 Å². The van der Waals surface area contributed by atoms with Crippen LogP contribution in [0.15, 0.2) is 54.6 Å². The van der Waals surface area contributed by atoms with Crippen LogP contribution >= 0.6 is 11.6 Å². The second-order valence-electron chi connectivity index (χ2n) is 6.84. The molecule has 4 rings (SSSR count). The molecule has 2 aromatic carbocycles. The fourth-order valence-corrected chi connectivity index (χ4v) is 3.55. The summed E-state index contributed by atoms with van der Waals surface area (Å²) in [5, 5.41) is 26.6. The van der Waals surface area contributed by atoms with Crippen LogP contribution < -0.4 is 10.1 Å². The van der Waals surface area contributed by atoms with Crippen molar-refractivity contribution in [3.05, 3.63) is 70.9 Å². The van der Waals surface area contributed by atoms with E-state index >= 15 is 0 Å². The predicted octanol–water partition coefficient (Wildman–Crippen LogP) is 2.34. The number of nitrogens with one attached hydrogen (secondary N) is 1. The minimum atomic E-state index is -1.81. The Labute approximate surface area is 176 Å². The molecule has 0 aliphatic carbocycles. The lowest BCUT2D eigenvalue weighted by Gasteiger charge is -2.21. The lowest BCUT2D eigenvalue weighted by atomic mass is 10.0. The first-order chi connectivity index (χ1) is 14.4. The minimum Gasteiger partial charge on any atom is -0.479 e. The predicted molar refractivity (Wildman–Crippen MR) is 108 cm³/mol. The fourth-order valence-electron chi connectivity index (χ4n) is 3.33. The molecule has 9 heteroatoms. The first kappa shape index (κ1) is 19.9. The minimum absolute atomic E-state index is 0.0401. The van der Waals surface area contributed by atoms with Gasteiger partial charge in [0.1, 0.15) is 5.75 Å². The first-order valence-corrected chi connectivity index (χ1v) is 9.57. The number of hydrogen-bond acceptors (Lipinski definition) is 5. The van der Waals surface area contributed by atoms with Crippen molar-refractivity contribution in [2.75, 3.05) is 0 Å². The summed E-state index contributed by atoms with van der Waals surface area (Å²) >= 11 is 6.15. The smallest absolute Gasteiger partial charge is 0.334 e. The summed E-state index contributed by atoms with van der Waals surface area (Å²) in [6.07, 6.45) is -1.77. The number of aliphatic carboxylic acids is 1. The number of amides is 1. The maximum atomic E-state index is 12.8. The lowest BCUT2D eigenvalue weighted by Crippen LogP contribution is -2.48. The summed E-state index contributed by atoms with van der Waals surface area (Å²) in [7, 11) is 0. The topological polar surface area (TPSA) is 114 Å². The van der Waals surface area contributed by atoms with Crippen LogP contribution in [0.2, 0.25) is 5.02 Å². The van der Waals surface area contributed by atoms with Gasteiger partial charge in [0.25, 0.3) is 5.91 Å². The fraction of sp³-hybridized carbons (Fsp3) is 0.190. The summed E-state index contributed by atoms with van der Waals surface area (Å²) in [5.41, 5.74) is 2.21. The second-order valence-corrected chi connectivity index (χ2v) is 7.25. The molecule has 30 heavy (non-hydrogen) atoms. The maximum Gasteiger partial charge on any atom is 0.334 e. The number of fused-ring (bicyclic) bond motifs is 3. The van der Waals surface area contributed by atoms with E-state index in [1.165, 1.54) is 0 Å². The van der Waals surface area contributed by atoms with Gasteiger partial charge in [0, 0.05) is 10.6 Å². The molecule has 3 N–H and O–H groups in total. The number of rotatable bonds is 6. The second kappa shape index (κ2) is 8.17. The third-order valence-corrected chi connectivity index (χ3v) is 5.23. The molecule has 1 aliphatic rings. The summed E-state index contributed by atoms with van der Waals surface area (Å²) < 4.78 is 7.17. The Morgan fingerprint density at radius 3 is 2.70 bits per heavy atom. The molecule has 0 saturated carbocycles. The molecule has 0 saturated heterocycles. The van der Waals surface area contributed by atoms with Crippen molar-refractivity contribution in [1.82, 2.24) is 15.1 Å². The van der Waals surface area contributed by atoms with Crippen LogP contribution in [0.1, 0.15) is 16.1 Å². The molecular formula is C21H18ClN3O5. The van der Waals surface area contributed by atoms with E-state index in [1.807, 2.05) is 24.3 Å². The van der Waals surface area contributed by atoms with E-state index in [0.717, 1.165) is 5.56 Å². The number of halogens is 1. The largest absolute Gasteiger partial charge is 0.479 e. The molecule has 3 aromatic rings. The molecule has 0 fully saturated rings. The van der Waals surface area contributed by atoms with Crippen LogP contribution in [-0.2, 0) is 17.9 Å². The van der Waals surface area contributed by atoms with Crippen molar-refractivity contribution >= 4 is 23.5 Å². The van der Waals surface area contributed by atoms with Crippen molar-refractivity contribution in [3.63, 3.8) is 0 Å². The Balaban J connectivity index is 1.58. The van der Waals surface area contributed by atoms with E-state index in [4.69, 9.17) is 16.3 Å². The Morgan fingerprint density at radius 2 is 1.93 bits per heavy atom. The lowest BCUT2D eigenvalue weighted by molar-refractivity contribution is -0.148. The standard InChI is InChI=1S/C21H18ClN3O5/c22-14-7-3-1-5-12(14)9-15(19(26)21(28)29)23-20(27)16-10-17-13-6-2-4-8-18(13)30-11-25(17)24-16/h1-8,10,15,19,26H,9,11H2,(H,23,27)(H,28,29). The molecule has 0 spiro atoms. The van der Waals surface area contributed by atoms with Gasteiger partial charge in [-0.05, 0) is 36.2 Å². The Hall–Kier alpha value is -3.36. The number of benzene rings is 2. The number of para-hydroxylation sites is 1. The van der Waals surface area contributed by atoms with Crippen LogP contribution in [0, 0.1) is 0 Å². The van der Waals surface area contributed by atoms with Crippen LogP contribution in [-0.4, -0.2) is 44.0 Å². The van der Waals surface area contributed by atoms with Crippen molar-refractivity contribution in [1.29, 1.82) is 0 Å². The normalized spacial score (nSPS) is 14.1. The van der Waals surface area contributed by atoms with Crippen LogP contribution in [0.4, 0.5) is 0 Å². The number of carbonyl (C=O) groups excluding carboxylic acids is 1. The van der Waals surface area contributed by atoms with Crippen molar-refractivity contribution < 1.29 is 24.5 Å². The zero-order valence-electron chi connectivity index (χ0n) is 15.7. The van der Waals surface area contributed by atoms with Gasteiger partial charge in [-0.15, -0.1) is 0 Å². The number of aliphatic hydroxyl groups excluding tert-OH is 1. The van der Waals surface area contributed by atoms with Crippen LogP contribution in [0.5, 0.6) is 5.75 Å². The average Bonchev–Trinajstić information content (AvgIpc) is 3.19. The molecule has 1 aliphatic heterocycles. The Kier molecular flexibility index (Phi) is 5.43. The van der Waals surface area contributed by atoms with Gasteiger partial charge in [-0.3, -0.25) is 4.79 Å². The third-order valence-electron chi connectivity index (χ3n) is 4.87. The van der Waals surface area contributed by atoms with Gasteiger partial charge in [0.2, 0.25) is 0 Å². The number of carboxylic acid groups (broad SMARTS) is 1. The Morgan fingerprint density at radius 1 is 1.20 bits per heavy atom. The SMILES string of the molecule is O=C(NC(Cc1ccccc1Cl)C(O)C(=O)O)c1cc2n(n1)COc1ccccc1-2. The summed E-state index contributed by atoms with van der Waals surface area (Å²) in [6, 6.07) is 14.7. The van der Waals surface area contributed by atoms with Gasteiger partial charge in [-0.1, -0.05) is 41.9 Å². The molecule has 1 amide bonds. The monoisotopic (exact) mass is 427 g/mol. The van der Waals surface area contributed by atoms with E-state index in [9.17, 15) is 19.8 Å². The molecular weight excluding hydrogens is 410 g/mol. The maximum absolute atomic E-state index is 12.8. The number of ether oxygens (including phenoxy) is 1. The number of carbonyl (C=O) groups is 2. The number of nitrogens with zero attached hydrogens (tertiary/aromatic N) is 2. The van der Waals surface area contributed by atoms with E-state index in [1.54, 1.807) is 35.0 Å². The van der Waals surface area contributed by atoms with Crippen molar-refractivity contribution in [2.24, 2.45) is 0 Å². The molecule has 2 atom stereocenters. The summed E-state index contributed by atoms with van der Waals surface area (Å²) in [6.45, 7) is 0.153. The zero-order valence-corrected chi connectivity index (χ0v) is 16.4. The van der Waals surface area contributed by atoms with Gasteiger partial charge in [0.05, 0.1) is 11.7 Å². The summed E-state index contributed by atoms with van der Waals surface area (Å²) in [5.74, 6) is -1.36. The van der Waals surface area contributed by atoms with E-state index in [0.29, 0.717) is 22.0 Å². The number of aromatic nitrogens is 2. The van der Waals surface area contributed by atoms with Crippen LogP contribution in [0.3, 0.4) is 0 Å². The van der Waals surface area contributed by atoms with E-state index < -0.39 is 24.0 Å². The highest BCUT2D eigenvalue weighted by atomic mass is 35.5. The molecule has 0 radical (unpaired) electrons. The highest BCUT2D eigenvalue weighted by Gasteiger charge is 2.30. The molecule has 0 bridgehead atoms. The summed E-state index contributed by atoms with van der Waals surface area (Å²) in [4.78, 5) is 24.2. The average molecular weight is 428 g/mol. The molecule has 1 aromatic heterocycles. The number of aliphatic hydroxyl groups is 1. The van der Waals surface area contributed by atoms with Gasteiger partial charge >= 0.3 is 5.97 Å². The first-order valence-electron chi connectivity index (χ1n) is 9.19. The molecule has 8 nitrogen and oxygen atoms in total. The van der Waals surface area contributed by atoms with Gasteiger partial charge < -0.3 is 20.3 Å². The quantitative estimate of drug-likeness (QED) is 0.556. The molecule has 154 valence electrons. The molecule has 2 heterocycles. The highest BCUT2D eigenvalue weighted by Crippen LogP contribution is 2.34. The van der Waals surface area contributed by atoms with Gasteiger partial charge in [0.15, 0.2) is 18.5 Å².